The molecule has 35 heavy (non-hydrogen) atoms. The summed E-state index contributed by atoms with van der Waals surface area (Å²) in [5.74, 6) is 1.86. The molecule has 0 unspecified atom stereocenters. The van der Waals surface area contributed by atoms with Gasteiger partial charge in [0.05, 0.1) is 11.1 Å². The Morgan fingerprint density at radius 1 is 0.657 bits per heavy atom. The van der Waals surface area contributed by atoms with E-state index in [4.69, 9.17) is 5.10 Å². The fourth-order valence-electron chi connectivity index (χ4n) is 4.40. The fraction of sp³-hybridized carbons (Fsp3) is 0.188. The Morgan fingerprint density at radius 2 is 1.23 bits per heavy atom. The Labute approximate surface area is 208 Å². The van der Waals surface area contributed by atoms with Gasteiger partial charge in [-0.3, -0.25) is 0 Å². The molecule has 0 aliphatic carbocycles. The van der Waals surface area contributed by atoms with Crippen LogP contribution in [-0.2, 0) is 11.8 Å². The van der Waals surface area contributed by atoms with Gasteiger partial charge in [-0.2, -0.15) is 4.57 Å². The summed E-state index contributed by atoms with van der Waals surface area (Å²) in [5.41, 5.74) is 8.43. The molecule has 1 heterocycles. The maximum absolute atomic E-state index is 4.79. The third-order valence-corrected chi connectivity index (χ3v) is 6.58. The number of nitrogens with one attached hydrogen (secondary N) is 1. The molecule has 3 nitrogen and oxygen atoms in total. The first kappa shape index (κ1) is 22.8. The number of benzene rings is 4. The first-order chi connectivity index (χ1) is 16.9. The van der Waals surface area contributed by atoms with Crippen molar-refractivity contribution in [1.29, 1.82) is 0 Å². The molecule has 0 spiro atoms. The van der Waals surface area contributed by atoms with Gasteiger partial charge in [0.1, 0.15) is 5.69 Å². The summed E-state index contributed by atoms with van der Waals surface area (Å²) in [6.07, 6.45) is 1.02. The SMILES string of the molecule is CCc1ccc(-[n+]2c(-c3ccc(-c4ccccc4)cc3)n[nH]c2-c2ccc(C(C)(C)C)cc2)cc1. The van der Waals surface area contributed by atoms with E-state index in [0.29, 0.717) is 0 Å². The van der Waals surface area contributed by atoms with Crippen LogP contribution in [0.25, 0.3) is 39.6 Å². The van der Waals surface area contributed by atoms with Gasteiger partial charge in [0.25, 0.3) is 5.82 Å². The summed E-state index contributed by atoms with van der Waals surface area (Å²) < 4.78 is 2.23. The standard InChI is InChI=1S/C32H31N3/c1-5-23-11-21-29(22-12-23)35-30(26-15-13-25(14-16-26)24-9-7-6-8-10-24)33-34-31(35)27-17-19-28(20-18-27)32(2,3)4/h6-22H,5H2,1-4H3/p+1. The minimum Gasteiger partial charge on any atom is -0.190 e. The van der Waals surface area contributed by atoms with Crippen molar-refractivity contribution in [2.45, 2.75) is 39.5 Å². The largest absolute Gasteiger partial charge is 0.314 e. The Hall–Kier alpha value is -3.98. The molecule has 0 amide bonds. The van der Waals surface area contributed by atoms with Crippen LogP contribution in [0, 0.1) is 0 Å². The van der Waals surface area contributed by atoms with Gasteiger partial charge in [-0.25, -0.2) is 0 Å². The normalized spacial score (nSPS) is 11.5. The lowest BCUT2D eigenvalue weighted by Crippen LogP contribution is -2.34. The van der Waals surface area contributed by atoms with Crippen molar-refractivity contribution in [3.63, 3.8) is 0 Å². The minimum atomic E-state index is 0.115. The topological polar surface area (TPSA) is 32.6 Å². The zero-order valence-electron chi connectivity index (χ0n) is 20.9. The van der Waals surface area contributed by atoms with Gasteiger partial charge in [0, 0.05) is 5.10 Å². The number of H-pyrrole nitrogens is 1. The first-order valence-electron chi connectivity index (χ1n) is 12.3. The van der Waals surface area contributed by atoms with E-state index in [2.05, 4.69) is 134 Å². The molecule has 0 saturated carbocycles. The fourth-order valence-corrected chi connectivity index (χ4v) is 4.40. The molecule has 1 aromatic heterocycles. The van der Waals surface area contributed by atoms with Crippen LogP contribution in [0.4, 0.5) is 0 Å². The van der Waals surface area contributed by atoms with Gasteiger partial charge in [-0.05, 0) is 70.5 Å². The van der Waals surface area contributed by atoms with Crippen LogP contribution in [-0.4, -0.2) is 10.2 Å². The Morgan fingerprint density at radius 3 is 1.83 bits per heavy atom. The van der Waals surface area contributed by atoms with Gasteiger partial charge >= 0.3 is 5.82 Å². The van der Waals surface area contributed by atoms with Gasteiger partial charge in [-0.15, -0.1) is 5.10 Å². The number of hydrogen-bond donors (Lipinski definition) is 1. The minimum absolute atomic E-state index is 0.115. The second kappa shape index (κ2) is 9.34. The number of hydrogen-bond acceptors (Lipinski definition) is 1. The maximum atomic E-state index is 4.79. The van der Waals surface area contributed by atoms with Crippen molar-refractivity contribution in [1.82, 2.24) is 10.2 Å². The average molecular weight is 459 g/mol. The van der Waals surface area contributed by atoms with Crippen molar-refractivity contribution >= 4 is 0 Å². The summed E-state index contributed by atoms with van der Waals surface area (Å²) in [6, 6.07) is 36.7. The van der Waals surface area contributed by atoms with Crippen molar-refractivity contribution in [2.24, 2.45) is 0 Å². The Kier molecular flexibility index (Phi) is 6.08. The first-order valence-corrected chi connectivity index (χ1v) is 12.3. The highest BCUT2D eigenvalue weighted by molar-refractivity contribution is 5.67. The highest BCUT2D eigenvalue weighted by atomic mass is 15.3. The van der Waals surface area contributed by atoms with Crippen LogP contribution >= 0.6 is 0 Å². The highest BCUT2D eigenvalue weighted by Crippen LogP contribution is 2.27. The molecular weight excluding hydrogens is 426 g/mol. The zero-order chi connectivity index (χ0) is 24.4. The molecule has 0 aliphatic heterocycles. The lowest BCUT2D eigenvalue weighted by molar-refractivity contribution is -0.572. The summed E-state index contributed by atoms with van der Waals surface area (Å²) in [5, 5.41) is 8.13. The number of aromatic nitrogens is 3. The molecule has 0 aliphatic rings. The molecule has 0 fully saturated rings. The number of nitrogens with zero attached hydrogens (tertiary/aromatic N) is 2. The van der Waals surface area contributed by atoms with Gasteiger partial charge < -0.3 is 0 Å². The van der Waals surface area contributed by atoms with Crippen LogP contribution < -0.4 is 4.57 Å². The van der Waals surface area contributed by atoms with E-state index in [-0.39, 0.29) is 5.41 Å². The van der Waals surface area contributed by atoms with E-state index in [0.717, 1.165) is 34.9 Å². The average Bonchev–Trinajstić information content (AvgIpc) is 3.34. The van der Waals surface area contributed by atoms with E-state index >= 15 is 0 Å². The number of rotatable bonds is 5. The van der Waals surface area contributed by atoms with Gasteiger partial charge in [-0.1, -0.05) is 94.4 Å². The second-order valence-corrected chi connectivity index (χ2v) is 10.0. The maximum Gasteiger partial charge on any atom is 0.314 e. The Balaban J connectivity index is 1.61. The molecule has 0 radical (unpaired) electrons. The van der Waals surface area contributed by atoms with Crippen LogP contribution in [0.1, 0.15) is 38.8 Å². The van der Waals surface area contributed by atoms with Gasteiger partial charge in [0.2, 0.25) is 0 Å². The van der Waals surface area contributed by atoms with Crippen LogP contribution in [0.3, 0.4) is 0 Å². The molecular formula is C32H32N3+. The number of aromatic amines is 1. The van der Waals surface area contributed by atoms with E-state index < -0.39 is 0 Å². The molecule has 5 rings (SSSR count). The molecule has 0 bridgehead atoms. The van der Waals surface area contributed by atoms with E-state index in [1.807, 2.05) is 6.07 Å². The van der Waals surface area contributed by atoms with E-state index in [1.54, 1.807) is 0 Å². The summed E-state index contributed by atoms with van der Waals surface area (Å²) >= 11 is 0. The summed E-state index contributed by atoms with van der Waals surface area (Å²) in [6.45, 7) is 8.91. The van der Waals surface area contributed by atoms with Crippen molar-refractivity contribution < 1.29 is 4.57 Å². The molecule has 4 aromatic carbocycles. The molecule has 0 atom stereocenters. The lowest BCUT2D eigenvalue weighted by Gasteiger charge is -2.18. The molecule has 0 saturated heterocycles. The lowest BCUT2D eigenvalue weighted by atomic mass is 9.86. The smallest absolute Gasteiger partial charge is 0.190 e. The third kappa shape index (κ3) is 4.67. The molecule has 3 heteroatoms. The molecule has 5 aromatic rings. The second-order valence-electron chi connectivity index (χ2n) is 10.0. The Bertz CT molecular complexity index is 1400. The zero-order valence-corrected chi connectivity index (χ0v) is 20.9. The number of aryl methyl sites for hydroxylation is 1. The van der Waals surface area contributed by atoms with E-state index in [1.165, 1.54) is 22.3 Å². The van der Waals surface area contributed by atoms with Crippen molar-refractivity contribution in [2.75, 3.05) is 0 Å². The van der Waals surface area contributed by atoms with E-state index in [9.17, 15) is 0 Å². The van der Waals surface area contributed by atoms with Crippen LogP contribution in [0.5, 0.6) is 0 Å². The van der Waals surface area contributed by atoms with Crippen LogP contribution in [0.15, 0.2) is 103 Å². The van der Waals surface area contributed by atoms with Crippen LogP contribution in [0.2, 0.25) is 0 Å². The summed E-state index contributed by atoms with van der Waals surface area (Å²) in [7, 11) is 0. The van der Waals surface area contributed by atoms with Crippen molar-refractivity contribution in [3.05, 3.63) is 114 Å². The third-order valence-electron chi connectivity index (χ3n) is 6.58. The quantitative estimate of drug-likeness (QED) is 0.271. The predicted octanol–water partition coefficient (Wildman–Crippen LogP) is 7.55. The monoisotopic (exact) mass is 458 g/mol. The molecule has 174 valence electrons. The highest BCUT2D eigenvalue weighted by Gasteiger charge is 2.25. The van der Waals surface area contributed by atoms with Crippen molar-refractivity contribution in [3.8, 4) is 39.6 Å². The molecule has 1 N–H and O–H groups in total. The van der Waals surface area contributed by atoms with Gasteiger partial charge in [0.15, 0.2) is 0 Å². The predicted molar refractivity (Wildman–Crippen MR) is 145 cm³/mol. The summed E-state index contributed by atoms with van der Waals surface area (Å²) in [4.78, 5) is 0.